The summed E-state index contributed by atoms with van der Waals surface area (Å²) in [5.41, 5.74) is 2.52. The molecule has 0 bridgehead atoms. The lowest BCUT2D eigenvalue weighted by Crippen LogP contribution is -2.39. The van der Waals surface area contributed by atoms with Crippen LogP contribution in [0.3, 0.4) is 0 Å². The highest BCUT2D eigenvalue weighted by atomic mass is 16.5. The molecule has 1 aliphatic heterocycles. The number of aromatic nitrogens is 2. The number of fused-ring (bicyclic) bond motifs is 1. The number of amides is 2. The van der Waals surface area contributed by atoms with Gasteiger partial charge < -0.3 is 24.4 Å². The van der Waals surface area contributed by atoms with E-state index in [0.29, 0.717) is 42.4 Å². The van der Waals surface area contributed by atoms with Gasteiger partial charge in [0.05, 0.1) is 39.3 Å². The first-order chi connectivity index (χ1) is 12.2. The highest BCUT2D eigenvalue weighted by Gasteiger charge is 2.22. The van der Waals surface area contributed by atoms with Crippen LogP contribution in [0.25, 0.3) is 0 Å². The Hall–Kier alpha value is -3.03. The van der Waals surface area contributed by atoms with Gasteiger partial charge in [-0.1, -0.05) is 0 Å². The predicted molar refractivity (Wildman–Crippen MR) is 91.3 cm³/mol. The molecule has 0 unspecified atom stereocenters. The van der Waals surface area contributed by atoms with Crippen molar-refractivity contribution in [2.24, 2.45) is 0 Å². The molecule has 1 N–H and O–H groups in total. The third kappa shape index (κ3) is 3.42. The van der Waals surface area contributed by atoms with E-state index in [1.165, 1.54) is 27.7 Å². The summed E-state index contributed by atoms with van der Waals surface area (Å²) in [5, 5.41) is 2.87. The minimum atomic E-state index is -0.205. The number of carbonyl (C=O) groups excluding carboxylic acids is 1. The quantitative estimate of drug-likeness (QED) is 0.914. The monoisotopic (exact) mass is 344 g/mol. The van der Waals surface area contributed by atoms with Gasteiger partial charge >= 0.3 is 6.03 Å². The van der Waals surface area contributed by atoms with Crippen LogP contribution in [0.15, 0.2) is 24.7 Å². The Morgan fingerprint density at radius 3 is 2.52 bits per heavy atom. The Morgan fingerprint density at radius 1 is 1.16 bits per heavy atom. The molecule has 1 aromatic heterocycles. The Labute approximate surface area is 145 Å². The predicted octanol–water partition coefficient (Wildman–Crippen LogP) is 2.09. The van der Waals surface area contributed by atoms with Crippen molar-refractivity contribution < 1.29 is 19.0 Å². The van der Waals surface area contributed by atoms with Crippen molar-refractivity contribution in [2.75, 3.05) is 33.2 Å². The van der Waals surface area contributed by atoms with E-state index in [9.17, 15) is 4.79 Å². The number of carbonyl (C=O) groups is 1. The first kappa shape index (κ1) is 16.8. The fourth-order valence-corrected chi connectivity index (χ4v) is 2.80. The maximum Gasteiger partial charge on any atom is 0.322 e. The van der Waals surface area contributed by atoms with Gasteiger partial charge in [0.25, 0.3) is 0 Å². The molecule has 0 saturated heterocycles. The van der Waals surface area contributed by atoms with Crippen LogP contribution in [0.4, 0.5) is 10.5 Å². The summed E-state index contributed by atoms with van der Waals surface area (Å²) in [6, 6.07) is 3.18. The van der Waals surface area contributed by atoms with Crippen LogP contribution in [-0.2, 0) is 13.0 Å². The van der Waals surface area contributed by atoms with Gasteiger partial charge in [-0.3, -0.25) is 0 Å². The second-order valence-electron chi connectivity index (χ2n) is 5.51. The highest BCUT2D eigenvalue weighted by molar-refractivity contribution is 5.90. The van der Waals surface area contributed by atoms with Gasteiger partial charge in [-0.15, -0.1) is 0 Å². The molecule has 0 aliphatic carbocycles. The van der Waals surface area contributed by atoms with Crippen LogP contribution in [0.2, 0.25) is 0 Å². The molecule has 2 heterocycles. The average Bonchev–Trinajstić information content (AvgIpc) is 2.66. The summed E-state index contributed by atoms with van der Waals surface area (Å²) in [6.07, 6.45) is 3.99. The molecule has 0 radical (unpaired) electrons. The molecule has 0 spiro atoms. The molecule has 2 aromatic rings. The summed E-state index contributed by atoms with van der Waals surface area (Å²) < 4.78 is 15.9. The van der Waals surface area contributed by atoms with E-state index in [4.69, 9.17) is 14.2 Å². The van der Waals surface area contributed by atoms with E-state index < -0.39 is 0 Å². The van der Waals surface area contributed by atoms with E-state index >= 15 is 0 Å². The molecule has 8 nitrogen and oxygen atoms in total. The number of nitrogens with zero attached hydrogens (tertiary/aromatic N) is 3. The maximum atomic E-state index is 12.6. The summed E-state index contributed by atoms with van der Waals surface area (Å²) in [5.74, 6) is 1.44. The molecule has 0 saturated carbocycles. The number of methoxy groups -OCH3 is 3. The topological polar surface area (TPSA) is 85.8 Å². The summed E-state index contributed by atoms with van der Waals surface area (Å²) in [7, 11) is 4.60. The van der Waals surface area contributed by atoms with E-state index in [1.54, 1.807) is 23.2 Å². The molecule has 0 atom stereocenters. The van der Waals surface area contributed by atoms with Crippen molar-refractivity contribution in [2.45, 2.75) is 13.0 Å². The number of ether oxygens (including phenoxy) is 3. The third-order valence-corrected chi connectivity index (χ3v) is 4.06. The minimum Gasteiger partial charge on any atom is -0.493 e. The molecular formula is C17H20N4O4. The fraction of sp³-hybridized carbons (Fsp3) is 0.353. The molecule has 3 rings (SSSR count). The molecule has 1 aromatic carbocycles. The third-order valence-electron chi connectivity index (χ3n) is 4.06. The fourth-order valence-electron chi connectivity index (χ4n) is 2.80. The molecule has 1 aliphatic rings. The maximum absolute atomic E-state index is 12.6. The molecule has 8 heteroatoms. The highest BCUT2D eigenvalue weighted by Crippen LogP contribution is 2.40. The molecule has 25 heavy (non-hydrogen) atoms. The number of anilines is 1. The van der Waals surface area contributed by atoms with E-state index in [0.717, 1.165) is 11.3 Å². The van der Waals surface area contributed by atoms with Crippen molar-refractivity contribution in [3.05, 3.63) is 35.9 Å². The van der Waals surface area contributed by atoms with Crippen LogP contribution in [-0.4, -0.2) is 48.8 Å². The Balaban J connectivity index is 1.77. The first-order valence-corrected chi connectivity index (χ1v) is 7.80. The van der Waals surface area contributed by atoms with Crippen molar-refractivity contribution in [3.63, 3.8) is 0 Å². The Kier molecular flexibility index (Phi) is 4.87. The Morgan fingerprint density at radius 2 is 1.88 bits per heavy atom. The van der Waals surface area contributed by atoms with Crippen molar-refractivity contribution in [1.29, 1.82) is 0 Å². The number of urea groups is 1. The van der Waals surface area contributed by atoms with Crippen molar-refractivity contribution in [1.82, 2.24) is 14.9 Å². The summed E-state index contributed by atoms with van der Waals surface area (Å²) in [6.45, 7) is 1.08. The lowest BCUT2D eigenvalue weighted by atomic mass is 10.1. The number of benzene rings is 1. The SMILES string of the molecule is COc1cc(NC(=O)N2CCc3ncncc3C2)cc(OC)c1OC. The van der Waals surface area contributed by atoms with Crippen LogP contribution < -0.4 is 19.5 Å². The van der Waals surface area contributed by atoms with Gasteiger partial charge in [-0.05, 0) is 0 Å². The zero-order chi connectivity index (χ0) is 17.8. The van der Waals surface area contributed by atoms with Crippen LogP contribution in [0, 0.1) is 0 Å². The Bertz CT molecular complexity index is 756. The van der Waals surface area contributed by atoms with Gasteiger partial charge in [0.1, 0.15) is 6.33 Å². The number of hydrogen-bond acceptors (Lipinski definition) is 6. The molecule has 0 fully saturated rings. The van der Waals surface area contributed by atoms with Crippen LogP contribution in [0.1, 0.15) is 11.3 Å². The van der Waals surface area contributed by atoms with Gasteiger partial charge in [0, 0.05) is 36.9 Å². The smallest absolute Gasteiger partial charge is 0.322 e. The molecule has 132 valence electrons. The standard InChI is InChI=1S/C17H20N4O4/c1-23-14-6-12(7-15(24-2)16(14)25-3)20-17(22)21-5-4-13-11(9-21)8-18-10-19-13/h6-8,10H,4-5,9H2,1-3H3,(H,20,22). The van der Waals surface area contributed by atoms with Crippen LogP contribution in [0.5, 0.6) is 17.2 Å². The zero-order valence-electron chi connectivity index (χ0n) is 14.4. The minimum absolute atomic E-state index is 0.205. The van der Waals surface area contributed by atoms with Gasteiger partial charge in [-0.25, -0.2) is 14.8 Å². The number of rotatable bonds is 4. The van der Waals surface area contributed by atoms with E-state index in [-0.39, 0.29) is 6.03 Å². The molecular weight excluding hydrogens is 324 g/mol. The van der Waals surface area contributed by atoms with Crippen LogP contribution >= 0.6 is 0 Å². The normalized spacial score (nSPS) is 13.0. The summed E-state index contributed by atoms with van der Waals surface area (Å²) in [4.78, 5) is 22.6. The van der Waals surface area contributed by atoms with Gasteiger partial charge in [0.15, 0.2) is 11.5 Å². The van der Waals surface area contributed by atoms with Crippen molar-refractivity contribution >= 4 is 11.7 Å². The van der Waals surface area contributed by atoms with E-state index in [1.807, 2.05) is 0 Å². The number of hydrogen-bond donors (Lipinski definition) is 1. The van der Waals surface area contributed by atoms with Crippen molar-refractivity contribution in [3.8, 4) is 17.2 Å². The first-order valence-electron chi connectivity index (χ1n) is 7.80. The lowest BCUT2D eigenvalue weighted by molar-refractivity contribution is 0.206. The molecule has 2 amide bonds. The zero-order valence-corrected chi connectivity index (χ0v) is 14.4. The number of nitrogens with one attached hydrogen (secondary N) is 1. The van der Waals surface area contributed by atoms with Gasteiger partial charge in [-0.2, -0.15) is 0 Å². The second-order valence-corrected chi connectivity index (χ2v) is 5.51. The van der Waals surface area contributed by atoms with E-state index in [2.05, 4.69) is 15.3 Å². The average molecular weight is 344 g/mol. The largest absolute Gasteiger partial charge is 0.493 e. The lowest BCUT2D eigenvalue weighted by Gasteiger charge is -2.28. The second kappa shape index (κ2) is 7.25. The summed E-state index contributed by atoms with van der Waals surface area (Å²) >= 11 is 0. The van der Waals surface area contributed by atoms with Gasteiger partial charge in [0.2, 0.25) is 5.75 Å².